The van der Waals surface area contributed by atoms with Gasteiger partial charge in [0.15, 0.2) is 0 Å². The summed E-state index contributed by atoms with van der Waals surface area (Å²) in [6.45, 7) is 5.53. The van der Waals surface area contributed by atoms with Crippen LogP contribution in [0.5, 0.6) is 0 Å². The van der Waals surface area contributed by atoms with E-state index in [1.165, 1.54) is 6.07 Å². The number of nitrogens with zero attached hydrogens (tertiary/aromatic N) is 2. The summed E-state index contributed by atoms with van der Waals surface area (Å²) in [6.07, 6.45) is 0. The zero-order valence-electron chi connectivity index (χ0n) is 11.4. The van der Waals surface area contributed by atoms with E-state index in [0.717, 1.165) is 24.1 Å². The number of nitrogens with two attached hydrogens (primary N) is 1. The molecule has 2 atom stereocenters. The van der Waals surface area contributed by atoms with Crippen LogP contribution in [0.2, 0.25) is 0 Å². The van der Waals surface area contributed by atoms with Crippen LogP contribution in [0.3, 0.4) is 0 Å². The topological polar surface area (TPSA) is 32.5 Å². The molecule has 1 heterocycles. The van der Waals surface area contributed by atoms with Crippen LogP contribution in [-0.2, 0) is 0 Å². The third kappa shape index (κ3) is 3.34. The van der Waals surface area contributed by atoms with E-state index in [9.17, 15) is 4.39 Å². The molecule has 1 aliphatic rings. The molecule has 1 aromatic carbocycles. The molecule has 2 rings (SSSR count). The summed E-state index contributed by atoms with van der Waals surface area (Å²) in [6, 6.07) is 5.56. The van der Waals surface area contributed by atoms with E-state index in [2.05, 4.69) is 39.7 Å². The summed E-state index contributed by atoms with van der Waals surface area (Å²) in [7, 11) is 2.12. The van der Waals surface area contributed by atoms with Crippen LogP contribution in [0.15, 0.2) is 22.7 Å². The Morgan fingerprint density at radius 1 is 1.47 bits per heavy atom. The molecule has 0 aliphatic carbocycles. The van der Waals surface area contributed by atoms with Gasteiger partial charge in [0.25, 0.3) is 0 Å². The van der Waals surface area contributed by atoms with Gasteiger partial charge in [-0.1, -0.05) is 22.0 Å². The van der Waals surface area contributed by atoms with Crippen LogP contribution in [0.1, 0.15) is 18.5 Å². The summed E-state index contributed by atoms with van der Waals surface area (Å²) in [5.74, 6) is -0.184. The quantitative estimate of drug-likeness (QED) is 0.922. The monoisotopic (exact) mass is 329 g/mol. The molecule has 106 valence electrons. The van der Waals surface area contributed by atoms with Crippen molar-refractivity contribution < 1.29 is 4.39 Å². The highest BCUT2D eigenvalue weighted by Gasteiger charge is 2.29. The van der Waals surface area contributed by atoms with Gasteiger partial charge in [-0.2, -0.15) is 0 Å². The molecule has 1 fully saturated rings. The molecule has 1 aromatic rings. The van der Waals surface area contributed by atoms with E-state index in [1.54, 1.807) is 0 Å². The number of hydrogen-bond donors (Lipinski definition) is 1. The number of benzene rings is 1. The lowest BCUT2D eigenvalue weighted by molar-refractivity contribution is 0.0622. The molecule has 2 N–H and O–H groups in total. The summed E-state index contributed by atoms with van der Waals surface area (Å²) in [5.41, 5.74) is 6.60. The molecule has 2 unspecified atom stereocenters. The molecule has 0 aromatic heterocycles. The SMILES string of the molecule is CC1CN(C)CCN1C(CN)c1ccc(Br)cc1F. The van der Waals surface area contributed by atoms with Gasteiger partial charge in [-0.25, -0.2) is 4.39 Å². The van der Waals surface area contributed by atoms with E-state index < -0.39 is 0 Å². The van der Waals surface area contributed by atoms with Gasteiger partial charge in [0, 0.05) is 42.3 Å². The summed E-state index contributed by atoms with van der Waals surface area (Å²) < 4.78 is 14.9. The van der Waals surface area contributed by atoms with Crippen LogP contribution in [0.4, 0.5) is 4.39 Å². The van der Waals surface area contributed by atoms with Gasteiger partial charge >= 0.3 is 0 Å². The van der Waals surface area contributed by atoms with E-state index in [4.69, 9.17) is 5.73 Å². The van der Waals surface area contributed by atoms with Crippen molar-refractivity contribution in [2.45, 2.75) is 19.0 Å². The third-order valence-corrected chi connectivity index (χ3v) is 4.32. The van der Waals surface area contributed by atoms with Crippen LogP contribution < -0.4 is 5.73 Å². The maximum Gasteiger partial charge on any atom is 0.129 e. The van der Waals surface area contributed by atoms with Gasteiger partial charge in [-0.05, 0) is 26.1 Å². The Labute approximate surface area is 122 Å². The minimum Gasteiger partial charge on any atom is -0.329 e. The number of hydrogen-bond acceptors (Lipinski definition) is 3. The normalized spacial score (nSPS) is 23.5. The smallest absolute Gasteiger partial charge is 0.129 e. The maximum atomic E-state index is 14.1. The second-order valence-electron chi connectivity index (χ2n) is 5.27. The third-order valence-electron chi connectivity index (χ3n) is 3.83. The van der Waals surface area contributed by atoms with Gasteiger partial charge in [-0.15, -0.1) is 0 Å². The molecule has 5 heteroatoms. The Kier molecular flexibility index (Phi) is 4.95. The van der Waals surface area contributed by atoms with E-state index in [0.29, 0.717) is 18.2 Å². The van der Waals surface area contributed by atoms with E-state index in [1.807, 2.05) is 12.1 Å². The van der Waals surface area contributed by atoms with Crippen LogP contribution in [-0.4, -0.2) is 49.1 Å². The number of likely N-dealkylation sites (N-methyl/N-ethyl adjacent to an activating group) is 1. The lowest BCUT2D eigenvalue weighted by Crippen LogP contribution is -2.53. The van der Waals surface area contributed by atoms with E-state index in [-0.39, 0.29) is 11.9 Å². The molecule has 0 spiro atoms. The highest BCUT2D eigenvalue weighted by atomic mass is 79.9. The Morgan fingerprint density at radius 2 is 2.21 bits per heavy atom. The van der Waals surface area contributed by atoms with Crippen molar-refractivity contribution in [2.24, 2.45) is 5.73 Å². The van der Waals surface area contributed by atoms with Crippen LogP contribution in [0.25, 0.3) is 0 Å². The predicted molar refractivity (Wildman–Crippen MR) is 79.6 cm³/mol. The second-order valence-corrected chi connectivity index (χ2v) is 6.18. The maximum absolute atomic E-state index is 14.1. The Balaban J connectivity index is 2.24. The number of halogens is 2. The molecule has 0 radical (unpaired) electrons. The van der Waals surface area contributed by atoms with Crippen molar-refractivity contribution in [3.8, 4) is 0 Å². The molecule has 0 saturated carbocycles. The van der Waals surface area contributed by atoms with Crippen molar-refractivity contribution >= 4 is 15.9 Å². The highest BCUT2D eigenvalue weighted by molar-refractivity contribution is 9.10. The Hall–Kier alpha value is -0.490. The minimum atomic E-state index is -0.184. The second kappa shape index (κ2) is 6.31. The standard InChI is InChI=1S/C14H21BrFN3/c1-10-9-18(2)5-6-19(10)14(8-17)12-4-3-11(15)7-13(12)16/h3-4,7,10,14H,5-6,8-9,17H2,1-2H3. The first kappa shape index (κ1) is 14.9. The lowest BCUT2D eigenvalue weighted by atomic mass is 10.0. The van der Waals surface area contributed by atoms with Gasteiger partial charge in [0.05, 0.1) is 6.04 Å². The summed E-state index contributed by atoms with van der Waals surface area (Å²) in [5, 5.41) is 0. The fourth-order valence-corrected chi connectivity index (χ4v) is 3.16. The molecular formula is C14H21BrFN3. The fraction of sp³-hybridized carbons (Fsp3) is 0.571. The van der Waals surface area contributed by atoms with E-state index >= 15 is 0 Å². The molecule has 19 heavy (non-hydrogen) atoms. The number of piperazine rings is 1. The van der Waals surface area contributed by atoms with Crippen molar-refractivity contribution in [2.75, 3.05) is 33.2 Å². The van der Waals surface area contributed by atoms with Crippen LogP contribution >= 0.6 is 15.9 Å². The molecule has 1 saturated heterocycles. The van der Waals surface area contributed by atoms with Gasteiger partial charge in [0.1, 0.15) is 5.82 Å². The Bertz CT molecular complexity index is 441. The van der Waals surface area contributed by atoms with Crippen molar-refractivity contribution in [3.05, 3.63) is 34.1 Å². The Morgan fingerprint density at radius 3 is 2.79 bits per heavy atom. The average molecular weight is 330 g/mol. The zero-order chi connectivity index (χ0) is 14.0. The average Bonchev–Trinajstić information content (AvgIpc) is 2.34. The molecule has 1 aliphatic heterocycles. The molecule has 0 bridgehead atoms. The molecular weight excluding hydrogens is 309 g/mol. The molecule has 3 nitrogen and oxygen atoms in total. The minimum absolute atomic E-state index is 0.0446. The van der Waals surface area contributed by atoms with Crippen LogP contribution in [0, 0.1) is 5.82 Å². The largest absolute Gasteiger partial charge is 0.329 e. The van der Waals surface area contributed by atoms with Gasteiger partial charge in [-0.3, -0.25) is 4.90 Å². The van der Waals surface area contributed by atoms with Crippen molar-refractivity contribution in [1.29, 1.82) is 0 Å². The lowest BCUT2D eigenvalue weighted by Gasteiger charge is -2.42. The first-order valence-electron chi connectivity index (χ1n) is 6.62. The van der Waals surface area contributed by atoms with Crippen molar-refractivity contribution in [3.63, 3.8) is 0 Å². The summed E-state index contributed by atoms with van der Waals surface area (Å²) in [4.78, 5) is 4.61. The fourth-order valence-electron chi connectivity index (χ4n) is 2.83. The molecule has 0 amide bonds. The highest BCUT2D eigenvalue weighted by Crippen LogP contribution is 2.28. The van der Waals surface area contributed by atoms with Gasteiger partial charge in [0.2, 0.25) is 0 Å². The first-order valence-corrected chi connectivity index (χ1v) is 7.41. The van der Waals surface area contributed by atoms with Gasteiger partial charge < -0.3 is 10.6 Å². The summed E-state index contributed by atoms with van der Waals surface area (Å²) >= 11 is 3.29. The predicted octanol–water partition coefficient (Wildman–Crippen LogP) is 2.22. The first-order chi connectivity index (χ1) is 9.02. The van der Waals surface area contributed by atoms with Crippen molar-refractivity contribution in [1.82, 2.24) is 9.80 Å². The zero-order valence-corrected chi connectivity index (χ0v) is 13.0. The number of rotatable bonds is 3.